The SMILES string of the molecule is CCS(=O)(=O)Cc1cc2cccc(Cl)c2n1C. The molecule has 0 radical (unpaired) electrons. The largest absolute Gasteiger partial charge is 0.345 e. The van der Waals surface area contributed by atoms with E-state index in [-0.39, 0.29) is 11.5 Å². The van der Waals surface area contributed by atoms with Crippen LogP contribution in [-0.2, 0) is 22.6 Å². The first-order valence-electron chi connectivity index (χ1n) is 5.38. The van der Waals surface area contributed by atoms with E-state index in [1.165, 1.54) is 0 Å². The van der Waals surface area contributed by atoms with Crippen molar-refractivity contribution in [3.05, 3.63) is 35.0 Å². The molecule has 1 aromatic carbocycles. The van der Waals surface area contributed by atoms with Gasteiger partial charge in [0.15, 0.2) is 9.84 Å². The Hall–Kier alpha value is -1.00. The summed E-state index contributed by atoms with van der Waals surface area (Å²) in [4.78, 5) is 0. The highest BCUT2D eigenvalue weighted by Gasteiger charge is 2.14. The standard InChI is InChI=1S/C12H14ClNO2S/c1-3-17(15,16)8-10-7-9-5-4-6-11(13)12(9)14(10)2/h4-7H,3,8H2,1-2H3. The minimum Gasteiger partial charge on any atom is -0.345 e. The minimum absolute atomic E-state index is 0.0605. The smallest absolute Gasteiger partial charge is 0.155 e. The highest BCUT2D eigenvalue weighted by Crippen LogP contribution is 2.26. The molecule has 92 valence electrons. The molecule has 5 heteroatoms. The maximum absolute atomic E-state index is 11.6. The van der Waals surface area contributed by atoms with Gasteiger partial charge in [-0.25, -0.2) is 8.42 Å². The second kappa shape index (κ2) is 4.35. The molecule has 0 amide bonds. The molecule has 1 aromatic heterocycles. The summed E-state index contributed by atoms with van der Waals surface area (Å²) >= 11 is 6.11. The Bertz CT molecular complexity index is 658. The van der Waals surface area contributed by atoms with Gasteiger partial charge < -0.3 is 4.57 Å². The first kappa shape index (κ1) is 12.5. The van der Waals surface area contributed by atoms with Crippen molar-refractivity contribution in [2.45, 2.75) is 12.7 Å². The van der Waals surface area contributed by atoms with Crippen LogP contribution in [0.3, 0.4) is 0 Å². The molecule has 3 nitrogen and oxygen atoms in total. The second-order valence-electron chi connectivity index (χ2n) is 4.05. The number of hydrogen-bond acceptors (Lipinski definition) is 2. The molecule has 0 aliphatic rings. The number of aromatic nitrogens is 1. The predicted octanol–water partition coefficient (Wildman–Crippen LogP) is 2.77. The number of nitrogens with zero attached hydrogens (tertiary/aromatic N) is 1. The van der Waals surface area contributed by atoms with Crippen LogP contribution < -0.4 is 0 Å². The van der Waals surface area contributed by atoms with E-state index in [0.717, 1.165) is 16.6 Å². The Morgan fingerprint density at radius 3 is 2.65 bits per heavy atom. The van der Waals surface area contributed by atoms with E-state index in [1.807, 2.05) is 35.9 Å². The van der Waals surface area contributed by atoms with Crippen LogP contribution in [0.5, 0.6) is 0 Å². The van der Waals surface area contributed by atoms with Gasteiger partial charge in [0.2, 0.25) is 0 Å². The monoisotopic (exact) mass is 271 g/mol. The van der Waals surface area contributed by atoms with E-state index >= 15 is 0 Å². The molecule has 1 heterocycles. The zero-order valence-electron chi connectivity index (χ0n) is 9.77. The fourth-order valence-electron chi connectivity index (χ4n) is 1.89. The van der Waals surface area contributed by atoms with Crippen LogP contribution in [0.4, 0.5) is 0 Å². The summed E-state index contributed by atoms with van der Waals surface area (Å²) in [5.74, 6) is 0.216. The van der Waals surface area contributed by atoms with Crippen molar-refractivity contribution in [3.8, 4) is 0 Å². The first-order chi connectivity index (χ1) is 7.94. The van der Waals surface area contributed by atoms with Gasteiger partial charge in [0, 0.05) is 23.9 Å². The summed E-state index contributed by atoms with van der Waals surface area (Å²) in [5, 5.41) is 1.62. The molecule has 0 spiro atoms. The minimum atomic E-state index is -3.02. The van der Waals surface area contributed by atoms with Gasteiger partial charge in [-0.15, -0.1) is 0 Å². The highest BCUT2D eigenvalue weighted by molar-refractivity contribution is 7.90. The number of rotatable bonds is 3. The molecular weight excluding hydrogens is 258 g/mol. The lowest BCUT2D eigenvalue weighted by Gasteiger charge is -2.05. The molecule has 0 bridgehead atoms. The lowest BCUT2D eigenvalue weighted by atomic mass is 10.2. The van der Waals surface area contributed by atoms with Crippen LogP contribution in [0.2, 0.25) is 5.02 Å². The molecule has 17 heavy (non-hydrogen) atoms. The van der Waals surface area contributed by atoms with E-state index in [2.05, 4.69) is 0 Å². The van der Waals surface area contributed by atoms with Gasteiger partial charge in [-0.05, 0) is 12.1 Å². The maximum atomic E-state index is 11.6. The third kappa shape index (κ3) is 2.33. The van der Waals surface area contributed by atoms with Crippen LogP contribution in [0.25, 0.3) is 10.9 Å². The molecule has 0 saturated carbocycles. The normalized spacial score (nSPS) is 12.2. The fourth-order valence-corrected chi connectivity index (χ4v) is 3.13. The number of hydrogen-bond donors (Lipinski definition) is 0. The molecular formula is C12H14ClNO2S. The summed E-state index contributed by atoms with van der Waals surface area (Å²) in [6.07, 6.45) is 0. The third-order valence-electron chi connectivity index (χ3n) is 2.91. The van der Waals surface area contributed by atoms with E-state index < -0.39 is 9.84 Å². The van der Waals surface area contributed by atoms with Gasteiger partial charge in [0.1, 0.15) is 0 Å². The molecule has 2 rings (SSSR count). The Morgan fingerprint density at radius 2 is 2.06 bits per heavy atom. The van der Waals surface area contributed by atoms with Gasteiger partial charge >= 0.3 is 0 Å². The summed E-state index contributed by atoms with van der Waals surface area (Å²) in [6, 6.07) is 7.49. The van der Waals surface area contributed by atoms with Crippen molar-refractivity contribution in [2.75, 3.05) is 5.75 Å². The molecule has 0 N–H and O–H groups in total. The summed E-state index contributed by atoms with van der Waals surface area (Å²) in [7, 11) is -1.18. The third-order valence-corrected chi connectivity index (χ3v) is 4.83. The van der Waals surface area contributed by atoms with Crippen LogP contribution >= 0.6 is 11.6 Å². The fraction of sp³-hybridized carbons (Fsp3) is 0.333. The maximum Gasteiger partial charge on any atom is 0.155 e. The number of benzene rings is 1. The molecule has 0 aliphatic heterocycles. The molecule has 0 fully saturated rings. The Balaban J connectivity index is 2.58. The lowest BCUT2D eigenvalue weighted by molar-refractivity contribution is 0.595. The molecule has 0 unspecified atom stereocenters. The van der Waals surface area contributed by atoms with E-state index in [1.54, 1.807) is 6.92 Å². The van der Waals surface area contributed by atoms with Gasteiger partial charge in [-0.3, -0.25) is 0 Å². The Morgan fingerprint density at radius 1 is 1.35 bits per heavy atom. The summed E-state index contributed by atoms with van der Waals surface area (Å²) < 4.78 is 25.1. The highest BCUT2D eigenvalue weighted by atomic mass is 35.5. The predicted molar refractivity (Wildman–Crippen MR) is 71.1 cm³/mol. The number of para-hydroxylation sites is 1. The van der Waals surface area contributed by atoms with Crippen molar-refractivity contribution >= 4 is 32.3 Å². The van der Waals surface area contributed by atoms with Gasteiger partial charge in [-0.1, -0.05) is 30.7 Å². The quantitative estimate of drug-likeness (QED) is 0.861. The average Bonchev–Trinajstić information content (AvgIpc) is 2.57. The number of fused-ring (bicyclic) bond motifs is 1. The Labute approximate surface area is 106 Å². The van der Waals surface area contributed by atoms with Crippen molar-refractivity contribution in [2.24, 2.45) is 7.05 Å². The first-order valence-corrected chi connectivity index (χ1v) is 7.58. The number of sulfone groups is 1. The van der Waals surface area contributed by atoms with Crippen molar-refractivity contribution in [3.63, 3.8) is 0 Å². The summed E-state index contributed by atoms with van der Waals surface area (Å²) in [5.41, 5.74) is 1.66. The van der Waals surface area contributed by atoms with Crippen molar-refractivity contribution in [1.29, 1.82) is 0 Å². The average molecular weight is 272 g/mol. The van der Waals surface area contributed by atoms with Crippen LogP contribution in [0.15, 0.2) is 24.3 Å². The molecule has 0 aliphatic carbocycles. The van der Waals surface area contributed by atoms with Crippen LogP contribution in [-0.4, -0.2) is 18.7 Å². The van der Waals surface area contributed by atoms with Gasteiger partial charge in [0.05, 0.1) is 16.3 Å². The second-order valence-corrected chi connectivity index (χ2v) is 6.81. The van der Waals surface area contributed by atoms with E-state index in [4.69, 9.17) is 11.6 Å². The van der Waals surface area contributed by atoms with E-state index in [9.17, 15) is 8.42 Å². The topological polar surface area (TPSA) is 39.1 Å². The zero-order chi connectivity index (χ0) is 12.6. The van der Waals surface area contributed by atoms with Crippen molar-refractivity contribution < 1.29 is 8.42 Å². The molecule has 2 aromatic rings. The summed E-state index contributed by atoms with van der Waals surface area (Å²) in [6.45, 7) is 1.66. The van der Waals surface area contributed by atoms with Gasteiger partial charge in [0.25, 0.3) is 0 Å². The Kier molecular flexibility index (Phi) is 3.19. The number of aryl methyl sites for hydroxylation is 1. The van der Waals surface area contributed by atoms with Crippen LogP contribution in [0.1, 0.15) is 12.6 Å². The van der Waals surface area contributed by atoms with Crippen molar-refractivity contribution in [1.82, 2.24) is 4.57 Å². The zero-order valence-corrected chi connectivity index (χ0v) is 11.3. The van der Waals surface area contributed by atoms with E-state index in [0.29, 0.717) is 5.02 Å². The number of halogens is 1. The van der Waals surface area contributed by atoms with Gasteiger partial charge in [-0.2, -0.15) is 0 Å². The van der Waals surface area contributed by atoms with Crippen LogP contribution in [0, 0.1) is 0 Å². The lowest BCUT2D eigenvalue weighted by Crippen LogP contribution is -2.09. The molecule has 0 atom stereocenters. The molecule has 0 saturated heterocycles.